The predicted octanol–water partition coefficient (Wildman–Crippen LogP) is 2.06. The van der Waals surface area contributed by atoms with E-state index in [1.165, 1.54) is 11.8 Å². The zero-order chi connectivity index (χ0) is 12.9. The minimum absolute atomic E-state index is 0.0282. The molecule has 5 heteroatoms. The molecule has 0 unspecified atom stereocenters. The number of pyridine rings is 1. The number of aromatic nitrogens is 1. The summed E-state index contributed by atoms with van der Waals surface area (Å²) >= 11 is 1.41. The van der Waals surface area contributed by atoms with Gasteiger partial charge in [-0.2, -0.15) is 0 Å². The van der Waals surface area contributed by atoms with Crippen LogP contribution in [0.1, 0.15) is 27.2 Å². The van der Waals surface area contributed by atoms with Crippen LogP contribution in [0.5, 0.6) is 0 Å². The summed E-state index contributed by atoms with van der Waals surface area (Å²) in [7, 11) is 0. The first-order valence-corrected chi connectivity index (χ1v) is 6.57. The molecule has 1 heterocycles. The van der Waals surface area contributed by atoms with E-state index >= 15 is 0 Å². The smallest absolute Gasteiger partial charge is 0.230 e. The molecular formula is C12H19N3OS. The number of thioether (sulfide) groups is 1. The first-order chi connectivity index (χ1) is 7.93. The van der Waals surface area contributed by atoms with Crippen molar-refractivity contribution in [2.24, 2.45) is 0 Å². The third-order valence-corrected chi connectivity index (χ3v) is 3.42. The van der Waals surface area contributed by atoms with Gasteiger partial charge in [-0.1, -0.05) is 18.7 Å². The summed E-state index contributed by atoms with van der Waals surface area (Å²) in [6.07, 6.45) is 2.50. The van der Waals surface area contributed by atoms with E-state index in [1.54, 1.807) is 12.3 Å². The van der Waals surface area contributed by atoms with Crippen LogP contribution in [0, 0.1) is 0 Å². The number of hydrogen-bond donors (Lipinski definition) is 2. The van der Waals surface area contributed by atoms with Crippen molar-refractivity contribution in [3.05, 3.63) is 18.3 Å². The van der Waals surface area contributed by atoms with Gasteiger partial charge in [0.1, 0.15) is 0 Å². The average Bonchev–Trinajstić information content (AvgIpc) is 2.28. The molecule has 1 amide bonds. The van der Waals surface area contributed by atoms with Crippen LogP contribution in [0.2, 0.25) is 0 Å². The molecule has 1 aromatic rings. The maximum Gasteiger partial charge on any atom is 0.230 e. The molecule has 0 bridgehead atoms. The molecule has 0 aliphatic carbocycles. The van der Waals surface area contributed by atoms with Gasteiger partial charge in [0, 0.05) is 5.54 Å². The lowest BCUT2D eigenvalue weighted by molar-refractivity contribution is -0.120. The summed E-state index contributed by atoms with van der Waals surface area (Å²) < 4.78 is 0. The summed E-state index contributed by atoms with van der Waals surface area (Å²) in [6.45, 7) is 6.07. The van der Waals surface area contributed by atoms with E-state index in [-0.39, 0.29) is 11.4 Å². The van der Waals surface area contributed by atoms with Crippen LogP contribution in [0.15, 0.2) is 23.4 Å². The molecule has 0 fully saturated rings. The van der Waals surface area contributed by atoms with Gasteiger partial charge < -0.3 is 11.1 Å². The number of rotatable bonds is 5. The summed E-state index contributed by atoms with van der Waals surface area (Å²) in [6, 6.07) is 3.60. The van der Waals surface area contributed by atoms with E-state index in [2.05, 4.69) is 17.2 Å². The highest BCUT2D eigenvalue weighted by molar-refractivity contribution is 7.99. The van der Waals surface area contributed by atoms with Crippen LogP contribution in [0.25, 0.3) is 0 Å². The summed E-state index contributed by atoms with van der Waals surface area (Å²) in [5.41, 5.74) is 6.02. The number of anilines is 1. The number of nitrogens with two attached hydrogens (primary N) is 1. The van der Waals surface area contributed by atoms with Crippen molar-refractivity contribution in [3.8, 4) is 0 Å². The quantitative estimate of drug-likeness (QED) is 0.788. The molecule has 1 rings (SSSR count). The van der Waals surface area contributed by atoms with Gasteiger partial charge in [-0.15, -0.1) is 0 Å². The lowest BCUT2D eigenvalue weighted by atomic mass is 10.0. The maximum atomic E-state index is 11.7. The lowest BCUT2D eigenvalue weighted by Crippen LogP contribution is -2.43. The van der Waals surface area contributed by atoms with Gasteiger partial charge in [-0.3, -0.25) is 4.79 Å². The Morgan fingerprint density at radius 1 is 1.53 bits per heavy atom. The molecule has 17 heavy (non-hydrogen) atoms. The molecule has 0 aliphatic rings. The third-order valence-electron chi connectivity index (χ3n) is 2.47. The molecule has 4 nitrogen and oxygen atoms in total. The standard InChI is InChI=1S/C12H19N3OS/c1-4-12(2,3)15-10(16)8-17-11-6-5-9(13)7-14-11/h5-7H,4,8,13H2,1-3H3,(H,15,16). The zero-order valence-corrected chi connectivity index (χ0v) is 11.3. The van der Waals surface area contributed by atoms with Crippen molar-refractivity contribution >= 4 is 23.4 Å². The fourth-order valence-corrected chi connectivity index (χ4v) is 1.76. The van der Waals surface area contributed by atoms with E-state index in [1.807, 2.05) is 19.9 Å². The average molecular weight is 253 g/mol. The molecule has 0 spiro atoms. The number of nitrogen functional groups attached to an aromatic ring is 1. The molecular weight excluding hydrogens is 234 g/mol. The topological polar surface area (TPSA) is 68.0 Å². The molecule has 0 aromatic carbocycles. The van der Waals surface area contributed by atoms with Crippen molar-refractivity contribution in [1.29, 1.82) is 0 Å². The summed E-state index contributed by atoms with van der Waals surface area (Å²) in [5, 5.41) is 3.78. The van der Waals surface area contributed by atoms with Gasteiger partial charge in [-0.05, 0) is 32.4 Å². The molecule has 0 aliphatic heterocycles. The monoisotopic (exact) mass is 253 g/mol. The number of amides is 1. The van der Waals surface area contributed by atoms with E-state index in [0.717, 1.165) is 11.4 Å². The van der Waals surface area contributed by atoms with Crippen molar-refractivity contribution < 1.29 is 4.79 Å². The summed E-state index contributed by atoms with van der Waals surface area (Å²) in [5.74, 6) is 0.404. The Morgan fingerprint density at radius 2 is 2.24 bits per heavy atom. The fraction of sp³-hybridized carbons (Fsp3) is 0.500. The third kappa shape index (κ3) is 5.08. The van der Waals surface area contributed by atoms with Crippen molar-refractivity contribution in [1.82, 2.24) is 10.3 Å². The molecule has 0 atom stereocenters. The Morgan fingerprint density at radius 3 is 2.76 bits per heavy atom. The number of hydrogen-bond acceptors (Lipinski definition) is 4. The number of carbonyl (C=O) groups excluding carboxylic acids is 1. The second kappa shape index (κ2) is 5.91. The minimum Gasteiger partial charge on any atom is -0.397 e. The molecule has 0 saturated heterocycles. The van der Waals surface area contributed by atoms with Crippen LogP contribution in [-0.4, -0.2) is 22.2 Å². The Hall–Kier alpha value is -1.23. The number of nitrogens with zero attached hydrogens (tertiary/aromatic N) is 1. The minimum atomic E-state index is -0.147. The molecule has 3 N–H and O–H groups in total. The van der Waals surface area contributed by atoms with E-state index in [9.17, 15) is 4.79 Å². The van der Waals surface area contributed by atoms with Gasteiger partial charge in [0.25, 0.3) is 0 Å². The van der Waals surface area contributed by atoms with Gasteiger partial charge in [0.05, 0.1) is 22.7 Å². The second-order valence-corrected chi connectivity index (χ2v) is 5.50. The largest absolute Gasteiger partial charge is 0.397 e. The number of nitrogens with one attached hydrogen (secondary N) is 1. The summed E-state index contributed by atoms with van der Waals surface area (Å²) in [4.78, 5) is 15.8. The van der Waals surface area contributed by atoms with Gasteiger partial charge in [0.15, 0.2) is 0 Å². The molecule has 0 saturated carbocycles. The van der Waals surface area contributed by atoms with Gasteiger partial charge in [-0.25, -0.2) is 4.98 Å². The lowest BCUT2D eigenvalue weighted by Gasteiger charge is -2.24. The van der Waals surface area contributed by atoms with E-state index < -0.39 is 0 Å². The van der Waals surface area contributed by atoms with Gasteiger partial charge in [0.2, 0.25) is 5.91 Å². The van der Waals surface area contributed by atoms with Crippen molar-refractivity contribution in [2.45, 2.75) is 37.8 Å². The first-order valence-electron chi connectivity index (χ1n) is 5.58. The molecule has 0 radical (unpaired) electrons. The van der Waals surface area contributed by atoms with Crippen LogP contribution in [-0.2, 0) is 4.79 Å². The van der Waals surface area contributed by atoms with Gasteiger partial charge >= 0.3 is 0 Å². The highest BCUT2D eigenvalue weighted by atomic mass is 32.2. The SMILES string of the molecule is CCC(C)(C)NC(=O)CSc1ccc(N)cn1. The van der Waals surface area contributed by atoms with E-state index in [0.29, 0.717) is 11.4 Å². The van der Waals surface area contributed by atoms with Crippen molar-refractivity contribution in [3.63, 3.8) is 0 Å². The van der Waals surface area contributed by atoms with E-state index in [4.69, 9.17) is 5.73 Å². The Bertz CT molecular complexity index is 376. The van der Waals surface area contributed by atoms with Crippen molar-refractivity contribution in [2.75, 3.05) is 11.5 Å². The highest BCUT2D eigenvalue weighted by Crippen LogP contribution is 2.16. The van der Waals surface area contributed by atoms with Crippen LogP contribution >= 0.6 is 11.8 Å². The Kier molecular flexibility index (Phi) is 4.81. The predicted molar refractivity (Wildman–Crippen MR) is 71.9 cm³/mol. The van der Waals surface area contributed by atoms with Crippen LogP contribution < -0.4 is 11.1 Å². The normalized spacial score (nSPS) is 11.2. The second-order valence-electron chi connectivity index (χ2n) is 4.50. The molecule has 94 valence electrons. The zero-order valence-electron chi connectivity index (χ0n) is 10.5. The van der Waals surface area contributed by atoms with Crippen LogP contribution in [0.3, 0.4) is 0 Å². The Balaban J connectivity index is 2.41. The Labute approximate surface area is 106 Å². The van der Waals surface area contributed by atoms with Crippen LogP contribution in [0.4, 0.5) is 5.69 Å². The highest BCUT2D eigenvalue weighted by Gasteiger charge is 2.17. The molecule has 1 aromatic heterocycles. The fourth-order valence-electron chi connectivity index (χ4n) is 1.12. The first kappa shape index (κ1) is 13.8. The number of carbonyl (C=O) groups is 1. The maximum absolute atomic E-state index is 11.7.